The first-order valence-corrected chi connectivity index (χ1v) is 17.6. The molecule has 0 atom stereocenters. The predicted molar refractivity (Wildman–Crippen MR) is 146 cm³/mol. The second-order valence-corrected chi connectivity index (χ2v) is 18.5. The van der Waals surface area contributed by atoms with Crippen LogP contribution in [-0.2, 0) is 29.2 Å². The zero-order valence-corrected chi connectivity index (χ0v) is 25.8. The maximum absolute atomic E-state index is 4.95. The van der Waals surface area contributed by atoms with E-state index < -0.39 is 13.0 Å². The summed E-state index contributed by atoms with van der Waals surface area (Å²) in [6, 6.07) is 12.3. The zero-order chi connectivity index (χ0) is 26.4. The fourth-order valence-corrected chi connectivity index (χ4v) is 2.56. The molecule has 7 heteroatoms. The van der Waals surface area contributed by atoms with Crippen molar-refractivity contribution in [3.05, 3.63) is 90.3 Å². The van der Waals surface area contributed by atoms with Gasteiger partial charge in [0.05, 0.1) is 0 Å². The molecule has 191 valence electrons. The molecule has 0 saturated heterocycles. The second kappa shape index (κ2) is 15.8. The van der Waals surface area contributed by atoms with Crippen LogP contribution in [0.4, 0.5) is 0 Å². The molecule has 3 aromatic heterocycles. The molecule has 3 aromatic rings. The fourth-order valence-electron chi connectivity index (χ4n) is 2.56. The van der Waals surface area contributed by atoms with Gasteiger partial charge >= 0.3 is 42.1 Å². The van der Waals surface area contributed by atoms with E-state index in [1.165, 1.54) is 16.7 Å². The average Bonchev–Trinajstić information content (AvgIpc) is 2.74. The van der Waals surface area contributed by atoms with Crippen LogP contribution in [0.3, 0.4) is 0 Å². The molecule has 0 aliphatic heterocycles. The standard InChI is InChI=1S/3C9H13N.3ClH.Ru/c3*1-9(2,3)8-4-6-10-7-5-8;;;;/h3*4-7H,1-3H3;3*1H;/q;;;;;;+3/p-3. The van der Waals surface area contributed by atoms with Crippen molar-refractivity contribution in [3.63, 3.8) is 0 Å². The normalized spacial score (nSPS) is 11.5. The Bertz CT molecular complexity index is 767. The molecule has 0 saturated carbocycles. The summed E-state index contributed by atoms with van der Waals surface area (Å²) in [5, 5.41) is 0. The molecule has 0 aliphatic carbocycles. The summed E-state index contributed by atoms with van der Waals surface area (Å²) in [5.74, 6) is 0. The maximum atomic E-state index is 4.95. The molecule has 0 bridgehead atoms. The van der Waals surface area contributed by atoms with Crippen molar-refractivity contribution in [2.24, 2.45) is 0 Å². The Balaban J connectivity index is 0.000000445. The monoisotopic (exact) mass is 612 g/mol. The molecular weight excluding hydrogens is 574 g/mol. The van der Waals surface area contributed by atoms with Crippen molar-refractivity contribution in [2.75, 3.05) is 0 Å². The summed E-state index contributed by atoms with van der Waals surface area (Å²) in [4.78, 5) is 11.9. The van der Waals surface area contributed by atoms with Crippen molar-refractivity contribution in [1.82, 2.24) is 15.0 Å². The van der Waals surface area contributed by atoms with Crippen LogP contribution in [0.15, 0.2) is 73.6 Å². The van der Waals surface area contributed by atoms with Crippen LogP contribution in [0.25, 0.3) is 0 Å². The van der Waals surface area contributed by atoms with Crippen LogP contribution in [0, 0.1) is 0 Å². The first kappa shape index (κ1) is 32.9. The van der Waals surface area contributed by atoms with Gasteiger partial charge in [-0.05, 0) is 69.3 Å². The zero-order valence-electron chi connectivity index (χ0n) is 21.8. The number of pyridine rings is 3. The number of hydrogen-bond acceptors (Lipinski definition) is 3. The third-order valence-electron chi connectivity index (χ3n) is 4.64. The summed E-state index contributed by atoms with van der Waals surface area (Å²) in [7, 11) is 14.8. The molecule has 0 spiro atoms. The van der Waals surface area contributed by atoms with Gasteiger partial charge in [0.2, 0.25) is 0 Å². The molecule has 3 heterocycles. The number of hydrogen-bond donors (Lipinski definition) is 0. The van der Waals surface area contributed by atoms with Crippen molar-refractivity contribution >= 4 is 29.1 Å². The molecular formula is C27H39Cl3N3Ru. The van der Waals surface area contributed by atoms with Crippen LogP contribution in [0.5, 0.6) is 0 Å². The third kappa shape index (κ3) is 16.6. The van der Waals surface area contributed by atoms with Gasteiger partial charge in [-0.15, -0.1) is 0 Å². The number of aromatic nitrogens is 3. The Morgan fingerprint density at radius 1 is 0.441 bits per heavy atom. The first-order valence-electron chi connectivity index (χ1n) is 10.9. The van der Waals surface area contributed by atoms with Crippen molar-refractivity contribution < 1.29 is 13.0 Å². The SMILES string of the molecule is CC(C)(C)c1ccncc1.CC(C)(C)c1ccncc1.CC(C)(C)c1ccncc1.[Cl][Ru]([Cl])[Cl]. The third-order valence-corrected chi connectivity index (χ3v) is 4.64. The Hall–Kier alpha value is -1.06. The molecule has 34 heavy (non-hydrogen) atoms. The van der Waals surface area contributed by atoms with Gasteiger partial charge in [0, 0.05) is 37.2 Å². The number of rotatable bonds is 0. The van der Waals surface area contributed by atoms with E-state index in [1.807, 2.05) is 37.2 Å². The van der Waals surface area contributed by atoms with Crippen molar-refractivity contribution in [1.29, 1.82) is 0 Å². The predicted octanol–water partition coefficient (Wildman–Crippen LogP) is 9.20. The summed E-state index contributed by atoms with van der Waals surface area (Å²) in [6.45, 7) is 19.8. The van der Waals surface area contributed by atoms with Gasteiger partial charge in [-0.2, -0.15) is 0 Å². The van der Waals surface area contributed by atoms with Gasteiger partial charge in [-0.3, -0.25) is 15.0 Å². The minimum absolute atomic E-state index is 0.253. The first-order chi connectivity index (χ1) is 15.5. The van der Waals surface area contributed by atoms with Gasteiger partial charge in [0.1, 0.15) is 0 Å². The summed E-state index contributed by atoms with van der Waals surface area (Å²) in [6.07, 6.45) is 11.0. The number of halogens is 3. The molecule has 0 N–H and O–H groups in total. The quantitative estimate of drug-likeness (QED) is 0.238. The van der Waals surface area contributed by atoms with E-state index in [0.717, 1.165) is 0 Å². The van der Waals surface area contributed by atoms with E-state index >= 15 is 0 Å². The molecule has 0 aromatic carbocycles. The Kier molecular flexibility index (Phi) is 15.3. The molecule has 3 nitrogen and oxygen atoms in total. The van der Waals surface area contributed by atoms with Gasteiger partial charge in [-0.1, -0.05) is 62.3 Å². The molecule has 0 radical (unpaired) electrons. The number of nitrogens with zero attached hydrogens (tertiary/aromatic N) is 3. The van der Waals surface area contributed by atoms with E-state index in [4.69, 9.17) is 29.1 Å². The Morgan fingerprint density at radius 3 is 0.676 bits per heavy atom. The van der Waals surface area contributed by atoms with E-state index in [0.29, 0.717) is 0 Å². The molecule has 0 aliphatic rings. The molecule has 3 rings (SSSR count). The van der Waals surface area contributed by atoms with Gasteiger partial charge in [0.15, 0.2) is 0 Å². The molecule has 0 unspecified atom stereocenters. The van der Waals surface area contributed by atoms with E-state index in [1.54, 1.807) is 0 Å². The van der Waals surface area contributed by atoms with Gasteiger partial charge in [0.25, 0.3) is 0 Å². The van der Waals surface area contributed by atoms with E-state index in [-0.39, 0.29) is 16.2 Å². The van der Waals surface area contributed by atoms with Crippen LogP contribution in [-0.4, -0.2) is 15.0 Å². The summed E-state index contributed by atoms with van der Waals surface area (Å²) < 4.78 is 0. The van der Waals surface area contributed by atoms with Crippen molar-refractivity contribution in [2.45, 2.75) is 78.6 Å². The summed E-state index contributed by atoms with van der Waals surface area (Å²) >= 11 is -1.75. The molecule has 0 fully saturated rings. The van der Waals surface area contributed by atoms with Gasteiger partial charge in [-0.25, -0.2) is 0 Å². The van der Waals surface area contributed by atoms with Crippen LogP contribution in [0.1, 0.15) is 79.0 Å². The topological polar surface area (TPSA) is 38.7 Å². The average molecular weight is 613 g/mol. The fraction of sp³-hybridized carbons (Fsp3) is 0.444. The van der Waals surface area contributed by atoms with Crippen molar-refractivity contribution in [3.8, 4) is 0 Å². The van der Waals surface area contributed by atoms with E-state index in [2.05, 4.69) is 114 Å². The van der Waals surface area contributed by atoms with Crippen LogP contribution >= 0.6 is 29.1 Å². The Labute approximate surface area is 224 Å². The van der Waals surface area contributed by atoms with Crippen LogP contribution < -0.4 is 0 Å². The Morgan fingerprint density at radius 2 is 0.588 bits per heavy atom. The second-order valence-electron chi connectivity index (χ2n) is 10.6. The molecule has 0 amide bonds. The minimum atomic E-state index is -1.75. The van der Waals surface area contributed by atoms with E-state index in [9.17, 15) is 0 Å². The van der Waals surface area contributed by atoms with Gasteiger partial charge < -0.3 is 0 Å². The van der Waals surface area contributed by atoms with Crippen LogP contribution in [0.2, 0.25) is 0 Å². The summed E-state index contributed by atoms with van der Waals surface area (Å²) in [5.41, 5.74) is 4.77.